The summed E-state index contributed by atoms with van der Waals surface area (Å²) in [4.78, 5) is 0. The van der Waals surface area contributed by atoms with Crippen LogP contribution in [0.2, 0.25) is 0 Å². The number of hydrogen-bond donors (Lipinski definition) is 1. The Balaban J connectivity index is 1.92. The Kier molecular flexibility index (Phi) is 1.46. The van der Waals surface area contributed by atoms with Crippen LogP contribution in [0.3, 0.4) is 0 Å². The van der Waals surface area contributed by atoms with E-state index in [9.17, 15) is 5.21 Å². The van der Waals surface area contributed by atoms with E-state index in [1.807, 2.05) is 0 Å². The molecule has 0 radical (unpaired) electrons. The van der Waals surface area contributed by atoms with E-state index in [0.29, 0.717) is 18.6 Å². The quantitative estimate of drug-likeness (QED) is 0.585. The van der Waals surface area contributed by atoms with Crippen molar-refractivity contribution in [2.75, 3.05) is 6.54 Å². The van der Waals surface area contributed by atoms with Gasteiger partial charge in [-0.2, -0.15) is 10.3 Å². The number of rotatable bonds is 0. The Labute approximate surface area is 76.7 Å². The van der Waals surface area contributed by atoms with Crippen molar-refractivity contribution in [2.45, 2.75) is 31.1 Å². The van der Waals surface area contributed by atoms with E-state index >= 15 is 0 Å². The summed E-state index contributed by atoms with van der Waals surface area (Å²) in [5.41, 5.74) is 0. The van der Waals surface area contributed by atoms with Crippen LogP contribution in [0.1, 0.15) is 12.8 Å². The monoisotopic (exact) mass is 180 g/mol. The third-order valence-corrected chi connectivity index (χ3v) is 3.70. The van der Waals surface area contributed by atoms with E-state index in [0.717, 1.165) is 12.8 Å². The highest BCUT2D eigenvalue weighted by atomic mass is 16.5. The van der Waals surface area contributed by atoms with Crippen molar-refractivity contribution < 1.29 is 9.94 Å². The Morgan fingerprint density at radius 1 is 1.38 bits per heavy atom. The summed E-state index contributed by atoms with van der Waals surface area (Å²) in [6.07, 6.45) is 2.72. The molecule has 0 saturated carbocycles. The second-order valence-electron chi connectivity index (χ2n) is 4.23. The standard InChI is InChI=1S/C9H12N2O2/c10-3-6-9-5(4-11(6)12)7-1-2-8(9)13-7/h5-9,12H,1-2,4H2. The molecule has 1 N–H and O–H groups in total. The first kappa shape index (κ1) is 7.74. The molecular weight excluding hydrogens is 168 g/mol. The van der Waals surface area contributed by atoms with E-state index < -0.39 is 0 Å². The smallest absolute Gasteiger partial charge is 0.127 e. The molecule has 0 aromatic heterocycles. The number of ether oxygens (including phenoxy) is 1. The number of hydroxylamine groups is 2. The number of nitrogens with zero attached hydrogens (tertiary/aromatic N) is 2. The van der Waals surface area contributed by atoms with E-state index in [-0.39, 0.29) is 18.1 Å². The molecule has 5 atom stereocenters. The molecule has 5 unspecified atom stereocenters. The fourth-order valence-corrected chi connectivity index (χ4v) is 3.17. The third kappa shape index (κ3) is 0.845. The van der Waals surface area contributed by atoms with Crippen molar-refractivity contribution in [3.63, 3.8) is 0 Å². The molecular formula is C9H12N2O2. The molecule has 3 fully saturated rings. The predicted octanol–water partition coefficient (Wildman–Crippen LogP) is 0.377. The van der Waals surface area contributed by atoms with Crippen LogP contribution in [0.15, 0.2) is 0 Å². The molecule has 3 aliphatic heterocycles. The van der Waals surface area contributed by atoms with Gasteiger partial charge in [-0.3, -0.25) is 0 Å². The Morgan fingerprint density at radius 3 is 2.92 bits per heavy atom. The van der Waals surface area contributed by atoms with Gasteiger partial charge in [-0.25, -0.2) is 0 Å². The molecule has 0 aromatic carbocycles. The molecule has 3 heterocycles. The molecule has 2 bridgehead atoms. The first-order valence-corrected chi connectivity index (χ1v) is 4.82. The van der Waals surface area contributed by atoms with Crippen molar-refractivity contribution in [1.82, 2.24) is 5.06 Å². The van der Waals surface area contributed by atoms with Crippen molar-refractivity contribution in [3.8, 4) is 6.07 Å². The molecule has 70 valence electrons. The Hall–Kier alpha value is -0.630. The molecule has 13 heavy (non-hydrogen) atoms. The minimum absolute atomic E-state index is 0.233. The maximum Gasteiger partial charge on any atom is 0.127 e. The predicted molar refractivity (Wildman–Crippen MR) is 42.8 cm³/mol. The van der Waals surface area contributed by atoms with Gasteiger partial charge in [0, 0.05) is 18.4 Å². The fourth-order valence-electron chi connectivity index (χ4n) is 3.17. The summed E-state index contributed by atoms with van der Waals surface area (Å²) < 4.78 is 5.73. The lowest BCUT2D eigenvalue weighted by Crippen LogP contribution is -2.33. The summed E-state index contributed by atoms with van der Waals surface area (Å²) >= 11 is 0. The van der Waals surface area contributed by atoms with Crippen LogP contribution in [0.25, 0.3) is 0 Å². The van der Waals surface area contributed by atoms with E-state index in [1.165, 1.54) is 5.06 Å². The fraction of sp³-hybridized carbons (Fsp3) is 0.889. The number of hydrogen-bond acceptors (Lipinski definition) is 4. The zero-order valence-electron chi connectivity index (χ0n) is 7.26. The van der Waals surface area contributed by atoms with Crippen molar-refractivity contribution in [3.05, 3.63) is 0 Å². The summed E-state index contributed by atoms with van der Waals surface area (Å²) in [6, 6.07) is 1.83. The topological polar surface area (TPSA) is 56.5 Å². The summed E-state index contributed by atoms with van der Waals surface area (Å²) in [5.74, 6) is 0.655. The van der Waals surface area contributed by atoms with Gasteiger partial charge in [-0.05, 0) is 12.8 Å². The van der Waals surface area contributed by atoms with Gasteiger partial charge in [-0.15, -0.1) is 0 Å². The van der Waals surface area contributed by atoms with E-state index in [4.69, 9.17) is 10.00 Å². The summed E-state index contributed by atoms with van der Waals surface area (Å²) in [7, 11) is 0. The first-order chi connectivity index (χ1) is 6.31. The van der Waals surface area contributed by atoms with Crippen molar-refractivity contribution in [1.29, 1.82) is 5.26 Å². The molecule has 0 aromatic rings. The maximum atomic E-state index is 9.51. The van der Waals surface area contributed by atoms with Gasteiger partial charge in [0.15, 0.2) is 0 Å². The van der Waals surface area contributed by atoms with Gasteiger partial charge in [0.2, 0.25) is 0 Å². The lowest BCUT2D eigenvalue weighted by atomic mass is 9.79. The highest BCUT2D eigenvalue weighted by Crippen LogP contribution is 2.49. The van der Waals surface area contributed by atoms with Crippen molar-refractivity contribution in [2.24, 2.45) is 11.8 Å². The highest BCUT2D eigenvalue weighted by Gasteiger charge is 2.57. The highest BCUT2D eigenvalue weighted by molar-refractivity contribution is 5.11. The molecule has 0 amide bonds. The zero-order valence-corrected chi connectivity index (χ0v) is 7.26. The Bertz CT molecular complexity index is 275. The van der Waals surface area contributed by atoms with Crippen LogP contribution in [-0.4, -0.2) is 35.1 Å². The molecule has 3 aliphatic rings. The molecule has 0 spiro atoms. The molecule has 4 heteroatoms. The molecule has 4 nitrogen and oxygen atoms in total. The van der Waals surface area contributed by atoms with Gasteiger partial charge in [0.05, 0.1) is 18.3 Å². The Morgan fingerprint density at radius 2 is 2.15 bits per heavy atom. The SMILES string of the molecule is N#CC1C2C3CCC(O3)C2CN1O. The summed E-state index contributed by atoms with van der Waals surface area (Å²) in [6.45, 7) is 0.615. The van der Waals surface area contributed by atoms with E-state index in [1.54, 1.807) is 0 Å². The first-order valence-electron chi connectivity index (χ1n) is 4.82. The average molecular weight is 180 g/mol. The lowest BCUT2D eigenvalue weighted by Gasteiger charge is -2.21. The third-order valence-electron chi connectivity index (χ3n) is 3.70. The second-order valence-corrected chi connectivity index (χ2v) is 4.23. The van der Waals surface area contributed by atoms with Crippen LogP contribution in [0.4, 0.5) is 0 Å². The number of fused-ring (bicyclic) bond motifs is 5. The zero-order chi connectivity index (χ0) is 9.00. The van der Waals surface area contributed by atoms with E-state index in [2.05, 4.69) is 6.07 Å². The minimum Gasteiger partial charge on any atom is -0.374 e. The van der Waals surface area contributed by atoms with Gasteiger partial charge in [0.1, 0.15) is 6.04 Å². The number of nitriles is 1. The van der Waals surface area contributed by atoms with Crippen LogP contribution in [0.5, 0.6) is 0 Å². The average Bonchev–Trinajstić information content (AvgIpc) is 2.72. The van der Waals surface area contributed by atoms with Crippen LogP contribution < -0.4 is 0 Å². The minimum atomic E-state index is -0.333. The second kappa shape index (κ2) is 2.44. The lowest BCUT2D eigenvalue weighted by molar-refractivity contribution is -0.107. The molecule has 0 aliphatic carbocycles. The maximum absolute atomic E-state index is 9.51. The van der Waals surface area contributed by atoms with Gasteiger partial charge >= 0.3 is 0 Å². The van der Waals surface area contributed by atoms with Gasteiger partial charge < -0.3 is 9.94 Å². The van der Waals surface area contributed by atoms with Crippen LogP contribution >= 0.6 is 0 Å². The van der Waals surface area contributed by atoms with Crippen LogP contribution in [0, 0.1) is 23.2 Å². The van der Waals surface area contributed by atoms with Crippen LogP contribution in [-0.2, 0) is 4.74 Å². The van der Waals surface area contributed by atoms with Crippen molar-refractivity contribution >= 4 is 0 Å². The normalized spacial score (nSPS) is 53.7. The van der Waals surface area contributed by atoms with Gasteiger partial charge in [-0.1, -0.05) is 0 Å². The molecule has 3 saturated heterocycles. The largest absolute Gasteiger partial charge is 0.374 e. The molecule has 3 rings (SSSR count). The summed E-state index contributed by atoms with van der Waals surface area (Å²) in [5, 5.41) is 19.6. The van der Waals surface area contributed by atoms with Gasteiger partial charge in [0.25, 0.3) is 0 Å².